The molecule has 0 radical (unpaired) electrons. The first-order chi connectivity index (χ1) is 16.5. The topological polar surface area (TPSA) is 108 Å². The summed E-state index contributed by atoms with van der Waals surface area (Å²) >= 11 is 1.09. The number of amides is 2. The number of anilines is 1. The summed E-state index contributed by atoms with van der Waals surface area (Å²) in [5, 5.41) is 10.4. The summed E-state index contributed by atoms with van der Waals surface area (Å²) in [6.07, 6.45) is 1.68. The van der Waals surface area contributed by atoms with Crippen LogP contribution in [0.15, 0.2) is 47.3 Å². The molecular weight excluding hydrogens is 454 g/mol. The summed E-state index contributed by atoms with van der Waals surface area (Å²) in [6, 6.07) is 12.8. The largest absolute Gasteiger partial charge is 0.489 e. The number of nitrogens with zero attached hydrogens (tertiary/aromatic N) is 3. The van der Waals surface area contributed by atoms with E-state index in [1.54, 1.807) is 29.2 Å². The fourth-order valence-electron chi connectivity index (χ4n) is 4.69. The minimum Gasteiger partial charge on any atom is -0.489 e. The van der Waals surface area contributed by atoms with Crippen molar-refractivity contribution in [2.75, 3.05) is 31.6 Å². The average molecular weight is 480 g/mol. The van der Waals surface area contributed by atoms with Gasteiger partial charge < -0.3 is 19.9 Å². The predicted octanol–water partition coefficient (Wildman–Crippen LogP) is 1.76. The number of likely N-dealkylation sites (N-methyl/N-ethyl adjacent to an activating group) is 1. The van der Waals surface area contributed by atoms with Gasteiger partial charge >= 0.3 is 4.87 Å². The third kappa shape index (κ3) is 4.46. The number of hydrogen-bond acceptors (Lipinski definition) is 7. The highest BCUT2D eigenvalue weighted by atomic mass is 32.1. The van der Waals surface area contributed by atoms with Crippen LogP contribution in [0.25, 0.3) is 0 Å². The number of aromatic amines is 1. The quantitative estimate of drug-likeness (QED) is 0.500. The number of likely N-dealkylation sites (tertiary alicyclic amines) is 1. The molecule has 3 aromatic rings. The number of H-pyrrole nitrogens is 1. The minimum absolute atomic E-state index is 0.0248. The SMILES string of the molecule is CN1CC(NC(=O)c2ccc(OCc3cccc4c3CCN4C=O)cc2)C(c2n[nH]c(=O)s2)C1. The molecule has 1 saturated heterocycles. The average Bonchev–Trinajstić information content (AvgIpc) is 3.56. The molecule has 2 N–H and O–H groups in total. The van der Waals surface area contributed by atoms with Gasteiger partial charge in [0.1, 0.15) is 17.4 Å². The molecule has 3 heterocycles. The van der Waals surface area contributed by atoms with Gasteiger partial charge in [-0.25, -0.2) is 5.10 Å². The first kappa shape index (κ1) is 22.3. The van der Waals surface area contributed by atoms with Crippen LogP contribution in [0.4, 0.5) is 5.69 Å². The Labute approximate surface area is 200 Å². The van der Waals surface area contributed by atoms with E-state index in [1.165, 1.54) is 0 Å². The van der Waals surface area contributed by atoms with Crippen LogP contribution in [0.5, 0.6) is 5.75 Å². The molecule has 2 amide bonds. The Bertz CT molecular complexity index is 1250. The van der Waals surface area contributed by atoms with Crippen molar-refractivity contribution >= 4 is 29.3 Å². The van der Waals surface area contributed by atoms with Gasteiger partial charge in [-0.15, -0.1) is 0 Å². The van der Waals surface area contributed by atoms with Gasteiger partial charge in [-0.1, -0.05) is 23.5 Å². The second-order valence-electron chi connectivity index (χ2n) is 8.64. The zero-order valence-corrected chi connectivity index (χ0v) is 19.5. The summed E-state index contributed by atoms with van der Waals surface area (Å²) in [6.45, 7) is 2.50. The van der Waals surface area contributed by atoms with Crippen molar-refractivity contribution in [1.82, 2.24) is 20.4 Å². The Balaban J connectivity index is 1.22. The molecule has 10 heteroatoms. The number of nitrogens with one attached hydrogen (secondary N) is 2. The van der Waals surface area contributed by atoms with Gasteiger partial charge in [0, 0.05) is 36.8 Å². The second-order valence-corrected chi connectivity index (χ2v) is 9.63. The molecule has 34 heavy (non-hydrogen) atoms. The van der Waals surface area contributed by atoms with Gasteiger partial charge in [-0.2, -0.15) is 5.10 Å². The molecule has 0 bridgehead atoms. The highest BCUT2D eigenvalue weighted by Gasteiger charge is 2.35. The van der Waals surface area contributed by atoms with E-state index in [1.807, 2.05) is 25.2 Å². The summed E-state index contributed by atoms with van der Waals surface area (Å²) in [7, 11) is 1.99. The van der Waals surface area contributed by atoms with E-state index in [9.17, 15) is 14.4 Å². The zero-order chi connectivity index (χ0) is 23.7. The summed E-state index contributed by atoms with van der Waals surface area (Å²) < 4.78 is 5.96. The van der Waals surface area contributed by atoms with E-state index >= 15 is 0 Å². The molecule has 2 aliphatic heterocycles. The number of aromatic nitrogens is 2. The van der Waals surface area contributed by atoms with Crippen LogP contribution in [-0.2, 0) is 17.8 Å². The maximum Gasteiger partial charge on any atom is 0.322 e. The van der Waals surface area contributed by atoms with E-state index < -0.39 is 0 Å². The van der Waals surface area contributed by atoms with Crippen molar-refractivity contribution in [3.05, 3.63) is 73.8 Å². The molecule has 1 fully saturated rings. The number of carbonyl (C=O) groups is 2. The van der Waals surface area contributed by atoms with Gasteiger partial charge in [0.2, 0.25) is 6.41 Å². The van der Waals surface area contributed by atoms with Gasteiger partial charge in [-0.05, 0) is 54.9 Å². The highest BCUT2D eigenvalue weighted by molar-refractivity contribution is 7.08. The summed E-state index contributed by atoms with van der Waals surface area (Å²) in [4.78, 5) is 39.2. The highest BCUT2D eigenvalue weighted by Crippen LogP contribution is 2.30. The van der Waals surface area contributed by atoms with E-state index in [0.717, 1.165) is 47.5 Å². The lowest BCUT2D eigenvalue weighted by Crippen LogP contribution is -2.39. The van der Waals surface area contributed by atoms with Gasteiger partial charge in [0.05, 0.1) is 6.04 Å². The lowest BCUT2D eigenvalue weighted by molar-refractivity contribution is -0.107. The van der Waals surface area contributed by atoms with Crippen LogP contribution in [0, 0.1) is 0 Å². The fourth-order valence-corrected chi connectivity index (χ4v) is 5.45. The molecule has 2 aromatic carbocycles. The van der Waals surface area contributed by atoms with Crippen LogP contribution >= 0.6 is 11.3 Å². The lowest BCUT2D eigenvalue weighted by atomic mass is 10.0. The van der Waals surface area contributed by atoms with Crippen LogP contribution in [0.3, 0.4) is 0 Å². The van der Waals surface area contributed by atoms with E-state index in [-0.39, 0.29) is 22.7 Å². The molecule has 1 aromatic heterocycles. The molecule has 2 aliphatic rings. The Morgan fingerprint density at radius 1 is 1.26 bits per heavy atom. The predicted molar refractivity (Wildman–Crippen MR) is 129 cm³/mol. The Morgan fingerprint density at radius 3 is 2.82 bits per heavy atom. The molecule has 2 unspecified atom stereocenters. The third-order valence-electron chi connectivity index (χ3n) is 6.39. The molecule has 176 valence electrons. The van der Waals surface area contributed by atoms with Gasteiger partial charge in [0.25, 0.3) is 5.91 Å². The summed E-state index contributed by atoms with van der Waals surface area (Å²) in [5.41, 5.74) is 3.68. The third-order valence-corrected chi connectivity index (χ3v) is 7.27. The van der Waals surface area contributed by atoms with Gasteiger partial charge in [-0.3, -0.25) is 14.4 Å². The van der Waals surface area contributed by atoms with E-state index in [2.05, 4.69) is 20.4 Å². The fraction of sp³-hybridized carbons (Fsp3) is 0.333. The number of ether oxygens (including phenoxy) is 1. The van der Waals surface area contributed by atoms with Crippen molar-refractivity contribution in [2.45, 2.75) is 25.0 Å². The zero-order valence-electron chi connectivity index (χ0n) is 18.7. The van der Waals surface area contributed by atoms with E-state index in [4.69, 9.17) is 4.74 Å². The van der Waals surface area contributed by atoms with E-state index in [0.29, 0.717) is 36.0 Å². The molecule has 0 aliphatic carbocycles. The second kappa shape index (κ2) is 9.40. The molecule has 2 atom stereocenters. The number of hydrogen-bond donors (Lipinski definition) is 2. The van der Waals surface area contributed by atoms with Crippen LogP contribution < -0.4 is 19.8 Å². The van der Waals surface area contributed by atoms with Crippen LogP contribution in [0.1, 0.15) is 32.4 Å². The minimum atomic E-state index is -0.188. The van der Waals surface area contributed by atoms with Crippen molar-refractivity contribution in [3.63, 3.8) is 0 Å². The molecule has 0 spiro atoms. The van der Waals surface area contributed by atoms with Crippen molar-refractivity contribution in [3.8, 4) is 5.75 Å². The molecular formula is C24H25N5O4S. The monoisotopic (exact) mass is 479 g/mol. The normalized spacial score (nSPS) is 19.7. The lowest BCUT2D eigenvalue weighted by Gasteiger charge is -2.18. The Kier molecular flexibility index (Phi) is 6.16. The van der Waals surface area contributed by atoms with Crippen molar-refractivity contribution < 1.29 is 14.3 Å². The molecule has 9 nitrogen and oxygen atoms in total. The summed E-state index contributed by atoms with van der Waals surface area (Å²) in [5.74, 6) is 0.469. The van der Waals surface area contributed by atoms with Crippen molar-refractivity contribution in [1.29, 1.82) is 0 Å². The standard InChI is InChI=1S/C24H25N5O4S/c1-28-11-19(23-26-27-24(32)34-23)20(12-28)25-22(31)15-5-7-17(8-6-15)33-13-16-3-2-4-21-18(16)9-10-29(21)14-30/h2-8,14,19-20H,9-13H2,1H3,(H,25,31)(H,27,32). The number of benzene rings is 2. The number of rotatable bonds is 7. The molecule has 5 rings (SSSR count). The Hall–Kier alpha value is -3.50. The van der Waals surface area contributed by atoms with Gasteiger partial charge in [0.15, 0.2) is 0 Å². The smallest absolute Gasteiger partial charge is 0.322 e. The van der Waals surface area contributed by atoms with Crippen molar-refractivity contribution in [2.24, 2.45) is 0 Å². The Morgan fingerprint density at radius 2 is 2.09 bits per heavy atom. The maximum absolute atomic E-state index is 12.9. The number of carbonyl (C=O) groups excluding carboxylic acids is 2. The van der Waals surface area contributed by atoms with Crippen LogP contribution in [-0.4, -0.2) is 60.1 Å². The maximum atomic E-state index is 12.9. The molecule has 0 saturated carbocycles. The first-order valence-electron chi connectivity index (χ1n) is 11.1. The van der Waals surface area contributed by atoms with Crippen LogP contribution in [0.2, 0.25) is 0 Å². The number of fused-ring (bicyclic) bond motifs is 1. The first-order valence-corrected chi connectivity index (χ1v) is 11.9.